The summed E-state index contributed by atoms with van der Waals surface area (Å²) in [4.78, 5) is 28.6. The molecule has 1 saturated heterocycles. The van der Waals surface area contributed by atoms with Gasteiger partial charge < -0.3 is 10.2 Å². The highest BCUT2D eigenvalue weighted by Gasteiger charge is 2.26. The van der Waals surface area contributed by atoms with Gasteiger partial charge in [-0.25, -0.2) is 14.4 Å². The second kappa shape index (κ2) is 9.97. The van der Waals surface area contributed by atoms with Crippen molar-refractivity contribution in [2.24, 2.45) is 5.92 Å². The van der Waals surface area contributed by atoms with E-state index >= 15 is 0 Å². The summed E-state index contributed by atoms with van der Waals surface area (Å²) in [5, 5.41) is 3.16. The fraction of sp³-hybridized carbons (Fsp3) is 0.407. The number of aryl methyl sites for hydroxylation is 2. The van der Waals surface area contributed by atoms with Crippen molar-refractivity contribution in [3.05, 3.63) is 77.3 Å². The van der Waals surface area contributed by atoms with E-state index in [1.807, 2.05) is 13.1 Å². The quantitative estimate of drug-likeness (QED) is 0.625. The van der Waals surface area contributed by atoms with E-state index in [0.717, 1.165) is 51.1 Å². The monoisotopic (exact) mass is 459 g/mol. The van der Waals surface area contributed by atoms with Gasteiger partial charge in [-0.15, -0.1) is 0 Å². The number of nitrogens with zero attached hydrogens (tertiary/aromatic N) is 4. The summed E-state index contributed by atoms with van der Waals surface area (Å²) in [6, 6.07) is 10.00. The van der Waals surface area contributed by atoms with Crippen LogP contribution in [0.1, 0.15) is 46.7 Å². The summed E-state index contributed by atoms with van der Waals surface area (Å²) >= 11 is 0. The van der Waals surface area contributed by atoms with Crippen LogP contribution in [0.25, 0.3) is 11.3 Å². The van der Waals surface area contributed by atoms with E-state index in [4.69, 9.17) is 0 Å². The molecular weight excluding hydrogens is 429 g/mol. The Labute approximate surface area is 199 Å². The fourth-order valence-electron chi connectivity index (χ4n) is 5.08. The maximum atomic E-state index is 13.5. The molecule has 3 heterocycles. The minimum Gasteiger partial charge on any atom is -0.349 e. The number of hydrogen-bond acceptors (Lipinski definition) is 5. The summed E-state index contributed by atoms with van der Waals surface area (Å²) < 4.78 is 13.5. The maximum absolute atomic E-state index is 13.5. The lowest BCUT2D eigenvalue weighted by molar-refractivity contribution is 0.0903. The third-order valence-corrected chi connectivity index (χ3v) is 6.96. The predicted octanol–water partition coefficient (Wildman–Crippen LogP) is 3.99. The van der Waals surface area contributed by atoms with E-state index in [0.29, 0.717) is 22.7 Å². The Bertz CT molecular complexity index is 1160. The van der Waals surface area contributed by atoms with Crippen molar-refractivity contribution in [3.8, 4) is 11.3 Å². The number of pyridine rings is 1. The highest BCUT2D eigenvalue weighted by molar-refractivity contribution is 5.94. The molecule has 2 aromatic heterocycles. The second-order valence-corrected chi connectivity index (χ2v) is 9.49. The Kier molecular flexibility index (Phi) is 6.63. The van der Waals surface area contributed by atoms with E-state index in [1.165, 1.54) is 29.8 Å². The molecule has 3 aromatic rings. The van der Waals surface area contributed by atoms with E-state index in [2.05, 4.69) is 25.2 Å². The molecule has 0 radical (unpaired) electrons. The first kappa shape index (κ1) is 22.6. The van der Waals surface area contributed by atoms with Crippen LogP contribution in [0.5, 0.6) is 0 Å². The summed E-state index contributed by atoms with van der Waals surface area (Å²) in [6.45, 7) is 5.04. The number of aromatic nitrogens is 3. The molecule has 1 aromatic carbocycles. The molecule has 0 bridgehead atoms. The fourth-order valence-corrected chi connectivity index (χ4v) is 5.08. The van der Waals surface area contributed by atoms with Crippen LogP contribution in [-0.4, -0.2) is 51.4 Å². The van der Waals surface area contributed by atoms with Crippen molar-refractivity contribution in [1.29, 1.82) is 0 Å². The smallest absolute Gasteiger partial charge is 0.253 e. The molecule has 1 amide bonds. The number of hydrogen-bond donors (Lipinski definition) is 1. The molecule has 5 rings (SSSR count). The van der Waals surface area contributed by atoms with Gasteiger partial charge in [-0.1, -0.05) is 12.1 Å². The van der Waals surface area contributed by atoms with Crippen LogP contribution in [0, 0.1) is 18.7 Å². The number of halogens is 1. The summed E-state index contributed by atoms with van der Waals surface area (Å²) in [7, 11) is 0. The van der Waals surface area contributed by atoms with Crippen LogP contribution >= 0.6 is 0 Å². The molecule has 1 aliphatic carbocycles. The van der Waals surface area contributed by atoms with Gasteiger partial charge in [0, 0.05) is 49.3 Å². The van der Waals surface area contributed by atoms with Crippen molar-refractivity contribution < 1.29 is 9.18 Å². The van der Waals surface area contributed by atoms with E-state index in [1.54, 1.807) is 30.5 Å². The maximum Gasteiger partial charge on any atom is 0.253 e. The number of nitrogens with one attached hydrogen (secondary N) is 1. The zero-order valence-corrected chi connectivity index (χ0v) is 19.5. The normalized spacial score (nSPS) is 18.9. The second-order valence-electron chi connectivity index (χ2n) is 9.49. The van der Waals surface area contributed by atoms with E-state index in [9.17, 15) is 9.18 Å². The van der Waals surface area contributed by atoms with Crippen LogP contribution in [-0.2, 0) is 12.8 Å². The van der Waals surface area contributed by atoms with Gasteiger partial charge in [-0.3, -0.25) is 9.78 Å². The average molecular weight is 460 g/mol. The minimum atomic E-state index is -0.301. The topological polar surface area (TPSA) is 71.0 Å². The molecule has 1 fully saturated rings. The minimum absolute atomic E-state index is 0.101. The van der Waals surface area contributed by atoms with Gasteiger partial charge in [-0.2, -0.15) is 0 Å². The molecular formula is C27H30FN5O. The summed E-state index contributed by atoms with van der Waals surface area (Å²) in [6.07, 6.45) is 8.76. The molecule has 0 saturated carbocycles. The summed E-state index contributed by atoms with van der Waals surface area (Å²) in [5.74, 6) is 1.10. The largest absolute Gasteiger partial charge is 0.349 e. The lowest BCUT2D eigenvalue weighted by Gasteiger charge is -2.35. The van der Waals surface area contributed by atoms with Crippen molar-refractivity contribution in [3.63, 3.8) is 0 Å². The Morgan fingerprint density at radius 3 is 2.74 bits per heavy atom. The number of amides is 1. The van der Waals surface area contributed by atoms with Crippen molar-refractivity contribution in [2.45, 2.75) is 45.1 Å². The van der Waals surface area contributed by atoms with Crippen molar-refractivity contribution in [2.75, 3.05) is 19.6 Å². The van der Waals surface area contributed by atoms with Gasteiger partial charge >= 0.3 is 0 Å². The predicted molar refractivity (Wildman–Crippen MR) is 129 cm³/mol. The molecule has 2 aliphatic rings. The molecule has 1 unspecified atom stereocenters. The number of piperidine rings is 1. The number of rotatable bonds is 5. The molecule has 1 atom stereocenters. The lowest BCUT2D eigenvalue weighted by Crippen LogP contribution is -2.46. The highest BCUT2D eigenvalue weighted by Crippen LogP contribution is 2.26. The molecule has 34 heavy (non-hydrogen) atoms. The van der Waals surface area contributed by atoms with Gasteiger partial charge in [0.2, 0.25) is 0 Å². The Morgan fingerprint density at radius 2 is 1.97 bits per heavy atom. The summed E-state index contributed by atoms with van der Waals surface area (Å²) in [5.41, 5.74) is 4.41. The van der Waals surface area contributed by atoms with Crippen molar-refractivity contribution >= 4 is 5.91 Å². The SMILES string of the molecule is Cc1ncc2c(n1)CCC(CN1CCC(NC(=O)c3ccc(-c4cccc(F)c4)nc3)CC1)C2. The Morgan fingerprint density at radius 1 is 1.12 bits per heavy atom. The van der Waals surface area contributed by atoms with Crippen LogP contribution < -0.4 is 5.32 Å². The van der Waals surface area contributed by atoms with Gasteiger partial charge in [0.05, 0.1) is 11.3 Å². The van der Waals surface area contributed by atoms with Crippen LogP contribution in [0.15, 0.2) is 48.8 Å². The number of benzene rings is 1. The third-order valence-electron chi connectivity index (χ3n) is 6.96. The van der Waals surface area contributed by atoms with Gasteiger partial charge in [0.25, 0.3) is 5.91 Å². The number of fused-ring (bicyclic) bond motifs is 1. The van der Waals surface area contributed by atoms with E-state index < -0.39 is 0 Å². The van der Waals surface area contributed by atoms with Crippen molar-refractivity contribution in [1.82, 2.24) is 25.2 Å². The van der Waals surface area contributed by atoms with Crippen LogP contribution in [0.4, 0.5) is 4.39 Å². The first-order chi connectivity index (χ1) is 16.5. The molecule has 7 heteroatoms. The van der Waals surface area contributed by atoms with E-state index in [-0.39, 0.29) is 17.8 Å². The zero-order valence-electron chi connectivity index (χ0n) is 19.5. The standard InChI is InChI=1S/C27H30FN5O/c1-18-29-16-22-13-19(5-7-26(22)31-18)17-33-11-9-24(10-12-33)32-27(34)21-6-8-25(30-15-21)20-3-2-4-23(28)14-20/h2-4,6,8,14-16,19,24H,5,7,9-13,17H2,1H3,(H,32,34). The van der Waals surface area contributed by atoms with Gasteiger partial charge in [0.15, 0.2) is 0 Å². The van der Waals surface area contributed by atoms with Crippen LogP contribution in [0.2, 0.25) is 0 Å². The molecule has 1 aliphatic heterocycles. The lowest BCUT2D eigenvalue weighted by atomic mass is 9.86. The highest BCUT2D eigenvalue weighted by atomic mass is 19.1. The Hall–Kier alpha value is -3.19. The van der Waals surface area contributed by atoms with Gasteiger partial charge in [-0.05, 0) is 74.8 Å². The third kappa shape index (κ3) is 5.30. The van der Waals surface area contributed by atoms with Gasteiger partial charge in [0.1, 0.15) is 11.6 Å². The molecule has 0 spiro atoms. The average Bonchev–Trinajstić information content (AvgIpc) is 2.85. The number of likely N-dealkylation sites (tertiary alicyclic amines) is 1. The first-order valence-corrected chi connectivity index (χ1v) is 12.1. The zero-order chi connectivity index (χ0) is 23.5. The Balaban J connectivity index is 1.09. The van der Waals surface area contributed by atoms with Crippen LogP contribution in [0.3, 0.4) is 0 Å². The number of carbonyl (C=O) groups excluding carboxylic acids is 1. The first-order valence-electron chi connectivity index (χ1n) is 12.1. The molecule has 6 nitrogen and oxygen atoms in total. The number of carbonyl (C=O) groups is 1. The molecule has 1 N–H and O–H groups in total. The molecule has 176 valence electrons.